The van der Waals surface area contributed by atoms with Gasteiger partial charge < -0.3 is 9.47 Å². The summed E-state index contributed by atoms with van der Waals surface area (Å²) >= 11 is 1.72. The molecule has 7 heteroatoms. The topological polar surface area (TPSA) is 64.6 Å². The minimum Gasteiger partial charge on any atom is -0.486 e. The molecule has 1 heterocycles. The van der Waals surface area contributed by atoms with Crippen LogP contribution in [-0.4, -0.2) is 38.7 Å². The second-order valence-electron chi connectivity index (χ2n) is 5.66. The van der Waals surface area contributed by atoms with Crippen molar-refractivity contribution in [3.8, 4) is 11.5 Å². The molecule has 1 aliphatic rings. The Hall–Kier alpha value is -0.920. The van der Waals surface area contributed by atoms with Gasteiger partial charge in [0, 0.05) is 23.1 Å². The highest BCUT2D eigenvalue weighted by molar-refractivity contribution is 8.00. The van der Waals surface area contributed by atoms with Crippen LogP contribution in [0, 0.1) is 0 Å². The number of thioether (sulfide) groups is 1. The number of fused-ring (bicyclic) bond motifs is 1. The lowest BCUT2D eigenvalue weighted by molar-refractivity contribution is 0.171. The Bertz CT molecular complexity index is 593. The summed E-state index contributed by atoms with van der Waals surface area (Å²) in [5.41, 5.74) is 0. The Morgan fingerprint density at radius 2 is 1.86 bits per heavy atom. The molecule has 5 nitrogen and oxygen atoms in total. The van der Waals surface area contributed by atoms with Gasteiger partial charge in [0.05, 0.1) is 4.90 Å². The van der Waals surface area contributed by atoms with Crippen LogP contribution in [0.5, 0.6) is 11.5 Å². The maximum absolute atomic E-state index is 12.2. The fourth-order valence-corrected chi connectivity index (χ4v) is 3.80. The van der Waals surface area contributed by atoms with Gasteiger partial charge in [-0.2, -0.15) is 11.8 Å². The molecule has 2 rings (SSSR count). The zero-order valence-electron chi connectivity index (χ0n) is 12.5. The first kappa shape index (κ1) is 16.5. The summed E-state index contributed by atoms with van der Waals surface area (Å²) in [6.45, 7) is 7.64. The largest absolute Gasteiger partial charge is 0.486 e. The average Bonchev–Trinajstić information content (AvgIpc) is 2.42. The molecule has 0 fully saturated rings. The zero-order valence-corrected chi connectivity index (χ0v) is 14.1. The van der Waals surface area contributed by atoms with Crippen molar-refractivity contribution in [3.05, 3.63) is 18.2 Å². The Labute approximate surface area is 130 Å². The van der Waals surface area contributed by atoms with E-state index in [0.717, 1.165) is 5.75 Å². The van der Waals surface area contributed by atoms with Crippen molar-refractivity contribution in [2.45, 2.75) is 30.4 Å². The molecule has 0 aliphatic carbocycles. The maximum atomic E-state index is 12.2. The van der Waals surface area contributed by atoms with Crippen molar-refractivity contribution in [2.75, 3.05) is 25.5 Å². The molecule has 118 valence electrons. The second-order valence-corrected chi connectivity index (χ2v) is 9.35. The van der Waals surface area contributed by atoms with E-state index in [1.165, 1.54) is 12.1 Å². The lowest BCUT2D eigenvalue weighted by Crippen LogP contribution is -2.27. The van der Waals surface area contributed by atoms with Gasteiger partial charge in [-0.15, -0.1) is 0 Å². The number of sulfonamides is 1. The third-order valence-electron chi connectivity index (χ3n) is 2.75. The van der Waals surface area contributed by atoms with Crippen molar-refractivity contribution in [1.29, 1.82) is 0 Å². The highest BCUT2D eigenvalue weighted by Gasteiger charge is 2.19. The summed E-state index contributed by atoms with van der Waals surface area (Å²) in [7, 11) is -3.51. The highest BCUT2D eigenvalue weighted by Crippen LogP contribution is 2.32. The molecule has 1 N–H and O–H groups in total. The Balaban J connectivity index is 1.99. The normalized spacial score (nSPS) is 15.0. The predicted molar refractivity (Wildman–Crippen MR) is 84.8 cm³/mol. The van der Waals surface area contributed by atoms with Gasteiger partial charge in [0.2, 0.25) is 10.0 Å². The van der Waals surface area contributed by atoms with Crippen LogP contribution in [-0.2, 0) is 10.0 Å². The minimum atomic E-state index is -3.51. The summed E-state index contributed by atoms with van der Waals surface area (Å²) in [6, 6.07) is 4.67. The SMILES string of the molecule is CC(C)(C)SCCNS(=O)(=O)c1ccc2c(c1)OCCO2. The molecule has 21 heavy (non-hydrogen) atoms. The van der Waals surface area contributed by atoms with Gasteiger partial charge in [-0.1, -0.05) is 20.8 Å². The van der Waals surface area contributed by atoms with Crippen LogP contribution in [0.3, 0.4) is 0 Å². The van der Waals surface area contributed by atoms with Crippen LogP contribution in [0.2, 0.25) is 0 Å². The molecule has 0 atom stereocenters. The third-order valence-corrected chi connectivity index (χ3v) is 5.49. The molecular formula is C14H21NO4S2. The fourth-order valence-electron chi connectivity index (χ4n) is 1.81. The van der Waals surface area contributed by atoms with Gasteiger partial charge in [0.15, 0.2) is 11.5 Å². The van der Waals surface area contributed by atoms with Gasteiger partial charge in [0.25, 0.3) is 0 Å². The molecule has 1 aliphatic heterocycles. The van der Waals surface area contributed by atoms with E-state index in [0.29, 0.717) is 31.3 Å². The number of hydrogen-bond acceptors (Lipinski definition) is 5. The first-order valence-corrected chi connectivity index (χ1v) is 9.28. The third kappa shape index (κ3) is 4.79. The summed E-state index contributed by atoms with van der Waals surface area (Å²) in [4.78, 5) is 0.201. The Morgan fingerprint density at radius 1 is 1.19 bits per heavy atom. The second kappa shape index (κ2) is 6.46. The lowest BCUT2D eigenvalue weighted by Gasteiger charge is -2.19. The molecule has 0 saturated carbocycles. The smallest absolute Gasteiger partial charge is 0.240 e. The number of ether oxygens (including phenoxy) is 2. The number of rotatable bonds is 5. The van der Waals surface area contributed by atoms with Crippen molar-refractivity contribution in [1.82, 2.24) is 4.72 Å². The maximum Gasteiger partial charge on any atom is 0.240 e. The van der Waals surface area contributed by atoms with Gasteiger partial charge in [-0.3, -0.25) is 0 Å². The van der Waals surface area contributed by atoms with Crippen LogP contribution in [0.4, 0.5) is 0 Å². The van der Waals surface area contributed by atoms with E-state index in [1.54, 1.807) is 17.8 Å². The van der Waals surface area contributed by atoms with Crippen molar-refractivity contribution < 1.29 is 17.9 Å². The van der Waals surface area contributed by atoms with E-state index < -0.39 is 10.0 Å². The number of benzene rings is 1. The molecule has 0 aromatic heterocycles. The van der Waals surface area contributed by atoms with Gasteiger partial charge in [0.1, 0.15) is 13.2 Å². The van der Waals surface area contributed by atoms with Crippen molar-refractivity contribution >= 4 is 21.8 Å². The molecule has 0 bridgehead atoms. The quantitative estimate of drug-likeness (QED) is 0.839. The van der Waals surface area contributed by atoms with E-state index in [1.807, 2.05) is 0 Å². The van der Waals surface area contributed by atoms with Gasteiger partial charge in [-0.05, 0) is 12.1 Å². The number of hydrogen-bond donors (Lipinski definition) is 1. The van der Waals surface area contributed by atoms with Crippen LogP contribution in [0.1, 0.15) is 20.8 Å². The van der Waals surface area contributed by atoms with E-state index in [-0.39, 0.29) is 9.64 Å². The number of nitrogens with one attached hydrogen (secondary N) is 1. The molecule has 0 unspecified atom stereocenters. The van der Waals surface area contributed by atoms with Crippen LogP contribution < -0.4 is 14.2 Å². The predicted octanol–water partition coefficient (Wildman–Crippen LogP) is 2.27. The molecule has 0 spiro atoms. The van der Waals surface area contributed by atoms with Gasteiger partial charge in [-0.25, -0.2) is 13.1 Å². The molecule has 0 saturated heterocycles. The van der Waals surface area contributed by atoms with Crippen LogP contribution >= 0.6 is 11.8 Å². The van der Waals surface area contributed by atoms with E-state index >= 15 is 0 Å². The highest BCUT2D eigenvalue weighted by atomic mass is 32.2. The van der Waals surface area contributed by atoms with E-state index in [2.05, 4.69) is 25.5 Å². The lowest BCUT2D eigenvalue weighted by atomic mass is 10.3. The average molecular weight is 331 g/mol. The Kier molecular flexibility index (Phi) is 5.06. The molecule has 0 radical (unpaired) electrons. The minimum absolute atomic E-state index is 0.127. The van der Waals surface area contributed by atoms with Crippen LogP contribution in [0.25, 0.3) is 0 Å². The molecule has 1 aromatic carbocycles. The van der Waals surface area contributed by atoms with Gasteiger partial charge >= 0.3 is 0 Å². The molecule has 1 aromatic rings. The zero-order chi connectivity index (χ0) is 15.5. The fraction of sp³-hybridized carbons (Fsp3) is 0.571. The summed E-state index contributed by atoms with van der Waals surface area (Å²) in [6.07, 6.45) is 0. The molecular weight excluding hydrogens is 310 g/mol. The summed E-state index contributed by atoms with van der Waals surface area (Å²) < 4.78 is 38.0. The van der Waals surface area contributed by atoms with E-state index in [9.17, 15) is 8.42 Å². The first-order valence-electron chi connectivity index (χ1n) is 6.81. The summed E-state index contributed by atoms with van der Waals surface area (Å²) in [5.74, 6) is 1.80. The molecule has 0 amide bonds. The van der Waals surface area contributed by atoms with Crippen LogP contribution in [0.15, 0.2) is 23.1 Å². The summed E-state index contributed by atoms with van der Waals surface area (Å²) in [5, 5.41) is 0. The first-order chi connectivity index (χ1) is 9.78. The monoisotopic (exact) mass is 331 g/mol. The van der Waals surface area contributed by atoms with E-state index in [4.69, 9.17) is 9.47 Å². The Morgan fingerprint density at radius 3 is 2.52 bits per heavy atom. The standard InChI is InChI=1S/C14H21NO4S2/c1-14(2,3)20-9-6-15-21(16,17)11-4-5-12-13(10-11)19-8-7-18-12/h4-5,10,15H,6-9H2,1-3H3. The van der Waals surface area contributed by atoms with Crippen molar-refractivity contribution in [3.63, 3.8) is 0 Å². The van der Waals surface area contributed by atoms with Crippen molar-refractivity contribution in [2.24, 2.45) is 0 Å².